The number of rotatable bonds is 2. The van der Waals surface area contributed by atoms with Gasteiger partial charge in [-0.3, -0.25) is 4.79 Å². The lowest BCUT2D eigenvalue weighted by Gasteiger charge is -2.07. The number of carbonyl (C=O) groups excluding carboxylic acids is 1. The quantitative estimate of drug-likeness (QED) is 0.650. The molecule has 1 aromatic heterocycles. The highest BCUT2D eigenvalue weighted by atomic mass is 19.1. The zero-order chi connectivity index (χ0) is 10.0. The van der Waals surface area contributed by atoms with Gasteiger partial charge in [0.1, 0.15) is 0 Å². The summed E-state index contributed by atoms with van der Waals surface area (Å²) in [4.78, 5) is 14.2. The van der Waals surface area contributed by atoms with Gasteiger partial charge in [0, 0.05) is 6.20 Å². The highest BCUT2D eigenvalue weighted by Crippen LogP contribution is 2.15. The van der Waals surface area contributed by atoms with Crippen LogP contribution >= 0.6 is 0 Å². The first-order chi connectivity index (χ1) is 6.02. The minimum absolute atomic E-state index is 0.103. The van der Waals surface area contributed by atoms with Crippen molar-refractivity contribution in [2.45, 2.75) is 13.0 Å². The van der Waals surface area contributed by atoms with Crippen molar-refractivity contribution in [3.05, 3.63) is 23.8 Å². The predicted octanol–water partition coefficient (Wildman–Crippen LogP) is 0.392. The molecular weight excluding hydrogens is 173 g/mol. The fraction of sp³-hybridized carbons (Fsp3) is 0.250. The first-order valence-electron chi connectivity index (χ1n) is 3.69. The van der Waals surface area contributed by atoms with Crippen LogP contribution in [0, 0.1) is 5.95 Å². The maximum atomic E-state index is 12.6. The van der Waals surface area contributed by atoms with E-state index >= 15 is 0 Å². The van der Waals surface area contributed by atoms with Crippen LogP contribution in [0.3, 0.4) is 0 Å². The summed E-state index contributed by atoms with van der Waals surface area (Å²) in [5.74, 6) is -0.965. The lowest BCUT2D eigenvalue weighted by atomic mass is 10.1. The van der Waals surface area contributed by atoms with Crippen LogP contribution in [0.4, 0.5) is 10.1 Å². The normalized spacial score (nSPS) is 12.5. The van der Waals surface area contributed by atoms with E-state index in [1.807, 2.05) is 0 Å². The number of carbonyl (C=O) groups is 1. The van der Waals surface area contributed by atoms with Crippen molar-refractivity contribution in [1.29, 1.82) is 0 Å². The Morgan fingerprint density at radius 2 is 2.31 bits per heavy atom. The molecule has 0 aliphatic heterocycles. The van der Waals surface area contributed by atoms with E-state index in [1.165, 1.54) is 19.2 Å². The Labute approximate surface area is 74.8 Å². The van der Waals surface area contributed by atoms with E-state index in [4.69, 9.17) is 11.5 Å². The van der Waals surface area contributed by atoms with Crippen molar-refractivity contribution in [2.24, 2.45) is 5.73 Å². The smallest absolute Gasteiger partial charge is 0.236 e. The average molecular weight is 183 g/mol. The monoisotopic (exact) mass is 183 g/mol. The summed E-state index contributed by atoms with van der Waals surface area (Å²) in [6.07, 6.45) is 1.21. The molecule has 0 bridgehead atoms. The molecule has 4 nitrogen and oxygen atoms in total. The highest BCUT2D eigenvalue weighted by molar-refractivity contribution is 5.82. The van der Waals surface area contributed by atoms with Gasteiger partial charge in [-0.1, -0.05) is 0 Å². The molecule has 1 unspecified atom stereocenters. The highest BCUT2D eigenvalue weighted by Gasteiger charge is 2.12. The summed E-state index contributed by atoms with van der Waals surface area (Å²) >= 11 is 0. The van der Waals surface area contributed by atoms with Gasteiger partial charge in [-0.15, -0.1) is 0 Å². The molecule has 0 aliphatic carbocycles. The van der Waals surface area contributed by atoms with Crippen LogP contribution in [-0.2, 0) is 4.79 Å². The Morgan fingerprint density at radius 1 is 1.69 bits per heavy atom. The summed E-state index contributed by atoms with van der Waals surface area (Å²) in [7, 11) is 0. The molecule has 0 radical (unpaired) electrons. The van der Waals surface area contributed by atoms with Gasteiger partial charge in [0.15, 0.2) is 5.78 Å². The van der Waals surface area contributed by atoms with Crippen LogP contribution < -0.4 is 11.5 Å². The van der Waals surface area contributed by atoms with E-state index in [0.717, 1.165) is 0 Å². The summed E-state index contributed by atoms with van der Waals surface area (Å²) in [6, 6.07) is 0.532. The Hall–Kier alpha value is -1.49. The fourth-order valence-corrected chi connectivity index (χ4v) is 0.887. The molecule has 0 aliphatic rings. The molecule has 4 N–H and O–H groups in total. The summed E-state index contributed by atoms with van der Waals surface area (Å²) in [6.45, 7) is 1.35. The second kappa shape index (κ2) is 3.49. The number of hydrogen-bond donors (Lipinski definition) is 2. The second-order valence-electron chi connectivity index (χ2n) is 2.74. The van der Waals surface area contributed by atoms with Crippen LogP contribution in [0.5, 0.6) is 0 Å². The molecule has 1 aromatic rings. The number of Topliss-reactive ketones (excluding diaryl/α,β-unsaturated/α-hetero) is 1. The van der Waals surface area contributed by atoms with Crippen LogP contribution in [0.2, 0.25) is 0 Å². The van der Waals surface area contributed by atoms with Gasteiger partial charge in [-0.25, -0.2) is 4.98 Å². The number of hydrogen-bond acceptors (Lipinski definition) is 4. The molecule has 0 amide bonds. The van der Waals surface area contributed by atoms with Crippen molar-refractivity contribution < 1.29 is 9.18 Å². The second-order valence-corrected chi connectivity index (χ2v) is 2.74. The van der Waals surface area contributed by atoms with E-state index in [1.54, 1.807) is 0 Å². The van der Waals surface area contributed by atoms with Crippen molar-refractivity contribution in [3.63, 3.8) is 0 Å². The summed E-state index contributed by atoms with van der Waals surface area (Å²) in [5, 5.41) is 0. The molecule has 70 valence electrons. The van der Waals surface area contributed by atoms with Crippen molar-refractivity contribution in [1.82, 2.24) is 4.98 Å². The Balaban J connectivity index is 3.03. The molecule has 0 fully saturated rings. The standard InChI is InChI=1S/C8H10FN3O/c1-4(13)7(11)5-2-6(10)8(9)12-3-5/h2-3,7H,10-11H2,1H3. The van der Waals surface area contributed by atoms with Gasteiger partial charge in [0.2, 0.25) is 5.95 Å². The fourth-order valence-electron chi connectivity index (χ4n) is 0.887. The van der Waals surface area contributed by atoms with Crippen LogP contribution in [0.15, 0.2) is 12.3 Å². The molecule has 1 heterocycles. The number of pyridine rings is 1. The number of halogens is 1. The third kappa shape index (κ3) is 2.00. The molecule has 5 heteroatoms. The Morgan fingerprint density at radius 3 is 2.77 bits per heavy atom. The maximum Gasteiger partial charge on any atom is 0.236 e. The number of ketones is 1. The summed E-state index contributed by atoms with van der Waals surface area (Å²) in [5.41, 5.74) is 11.1. The third-order valence-electron chi connectivity index (χ3n) is 1.68. The molecule has 1 atom stereocenters. The Bertz CT molecular complexity index is 340. The van der Waals surface area contributed by atoms with E-state index in [2.05, 4.69) is 4.98 Å². The molecule has 0 saturated carbocycles. The lowest BCUT2D eigenvalue weighted by molar-refractivity contribution is -0.118. The number of anilines is 1. The molecule has 0 saturated heterocycles. The Kier molecular flexibility index (Phi) is 2.57. The predicted molar refractivity (Wildman–Crippen MR) is 46.2 cm³/mol. The largest absolute Gasteiger partial charge is 0.395 e. The third-order valence-corrected chi connectivity index (χ3v) is 1.68. The van der Waals surface area contributed by atoms with Gasteiger partial charge in [0.25, 0.3) is 0 Å². The molecular formula is C8H10FN3O. The van der Waals surface area contributed by atoms with Gasteiger partial charge in [0.05, 0.1) is 11.7 Å². The van der Waals surface area contributed by atoms with Crippen molar-refractivity contribution in [2.75, 3.05) is 5.73 Å². The number of aromatic nitrogens is 1. The lowest BCUT2D eigenvalue weighted by Crippen LogP contribution is -2.19. The minimum Gasteiger partial charge on any atom is -0.395 e. The van der Waals surface area contributed by atoms with Gasteiger partial charge >= 0.3 is 0 Å². The van der Waals surface area contributed by atoms with Crippen molar-refractivity contribution in [3.8, 4) is 0 Å². The number of nitrogen functional groups attached to an aromatic ring is 1. The van der Waals surface area contributed by atoms with E-state index in [9.17, 15) is 9.18 Å². The zero-order valence-electron chi connectivity index (χ0n) is 7.12. The minimum atomic E-state index is -0.782. The molecule has 0 aromatic carbocycles. The van der Waals surface area contributed by atoms with Gasteiger partial charge in [-0.2, -0.15) is 4.39 Å². The van der Waals surface area contributed by atoms with Crippen LogP contribution in [0.1, 0.15) is 18.5 Å². The van der Waals surface area contributed by atoms with Crippen LogP contribution in [0.25, 0.3) is 0 Å². The van der Waals surface area contributed by atoms with E-state index in [0.29, 0.717) is 5.56 Å². The van der Waals surface area contributed by atoms with Gasteiger partial charge < -0.3 is 11.5 Å². The number of nitrogens with zero attached hydrogens (tertiary/aromatic N) is 1. The van der Waals surface area contributed by atoms with Crippen molar-refractivity contribution >= 4 is 11.5 Å². The maximum absolute atomic E-state index is 12.6. The molecule has 1 rings (SSSR count). The molecule has 0 spiro atoms. The summed E-state index contributed by atoms with van der Waals surface area (Å²) < 4.78 is 12.6. The zero-order valence-corrected chi connectivity index (χ0v) is 7.12. The van der Waals surface area contributed by atoms with Crippen LogP contribution in [-0.4, -0.2) is 10.8 Å². The number of nitrogens with two attached hydrogens (primary N) is 2. The topological polar surface area (TPSA) is 82.0 Å². The van der Waals surface area contributed by atoms with E-state index in [-0.39, 0.29) is 11.5 Å². The first-order valence-corrected chi connectivity index (χ1v) is 3.69. The SMILES string of the molecule is CC(=O)C(N)c1cnc(F)c(N)c1. The first kappa shape index (κ1) is 9.60. The van der Waals surface area contributed by atoms with E-state index < -0.39 is 12.0 Å². The molecule has 13 heavy (non-hydrogen) atoms. The average Bonchev–Trinajstić information content (AvgIpc) is 2.08. The van der Waals surface area contributed by atoms with Gasteiger partial charge in [-0.05, 0) is 18.6 Å².